The Morgan fingerprint density at radius 2 is 1.85 bits per heavy atom. The number of H-pyrrole nitrogens is 1. The third-order valence-electron chi connectivity index (χ3n) is 8.43. The maximum absolute atomic E-state index is 11.6. The van der Waals surface area contributed by atoms with Crippen molar-refractivity contribution in [2.24, 2.45) is 0 Å². The van der Waals surface area contributed by atoms with E-state index in [1.54, 1.807) is 18.9 Å². The van der Waals surface area contributed by atoms with Crippen LogP contribution in [0.1, 0.15) is 38.8 Å². The van der Waals surface area contributed by atoms with Gasteiger partial charge >= 0.3 is 0 Å². The molecule has 2 saturated heterocycles. The lowest BCUT2D eigenvalue weighted by molar-refractivity contribution is -0.149. The minimum Gasteiger partial charge on any atom is -0.497 e. The SMILES string of the molecule is CC1N2C(=O)C(NC=O)C2SC1(C)C.CCOc1ccc2c(c1)OCc1c-2[nH]c2ccc(Br)cc12.COc1ccc(COC=O)cc1. The molecule has 10 nitrogen and oxygen atoms in total. The van der Waals surface area contributed by atoms with Crippen LogP contribution in [0.4, 0.5) is 0 Å². The van der Waals surface area contributed by atoms with Crippen LogP contribution in [0.5, 0.6) is 17.2 Å². The smallest absolute Gasteiger partial charge is 0.293 e. The summed E-state index contributed by atoms with van der Waals surface area (Å²) in [7, 11) is 1.61. The van der Waals surface area contributed by atoms with Gasteiger partial charge in [0.2, 0.25) is 12.3 Å². The van der Waals surface area contributed by atoms with Crippen LogP contribution >= 0.6 is 27.7 Å². The van der Waals surface area contributed by atoms with E-state index in [0.717, 1.165) is 44.1 Å². The number of benzene rings is 3. The Labute approximate surface area is 286 Å². The van der Waals surface area contributed by atoms with Gasteiger partial charge in [-0.05, 0) is 75.7 Å². The van der Waals surface area contributed by atoms with Crippen LogP contribution < -0.4 is 19.5 Å². The fourth-order valence-electron chi connectivity index (χ4n) is 5.68. The van der Waals surface area contributed by atoms with Crippen molar-refractivity contribution in [3.05, 3.63) is 76.3 Å². The van der Waals surface area contributed by atoms with Gasteiger partial charge < -0.3 is 34.1 Å². The van der Waals surface area contributed by atoms with Crippen molar-refractivity contribution in [1.82, 2.24) is 15.2 Å². The summed E-state index contributed by atoms with van der Waals surface area (Å²) in [6.45, 7) is 10.3. The number of aromatic amines is 1. The molecule has 0 radical (unpaired) electrons. The lowest BCUT2D eigenvalue weighted by Crippen LogP contribution is -2.68. The largest absolute Gasteiger partial charge is 0.497 e. The number of carbonyl (C=O) groups excluding carboxylic acids is 3. The molecule has 0 spiro atoms. The Bertz CT molecular complexity index is 1740. The first kappa shape index (κ1) is 34.2. The molecule has 3 aromatic carbocycles. The molecule has 2 fully saturated rings. The van der Waals surface area contributed by atoms with Gasteiger partial charge in [-0.15, -0.1) is 11.8 Å². The van der Waals surface area contributed by atoms with E-state index in [9.17, 15) is 14.4 Å². The van der Waals surface area contributed by atoms with Crippen molar-refractivity contribution >= 4 is 57.4 Å². The van der Waals surface area contributed by atoms with Gasteiger partial charge in [0, 0.05) is 43.4 Å². The minimum atomic E-state index is -0.304. The maximum atomic E-state index is 11.6. The summed E-state index contributed by atoms with van der Waals surface area (Å²) < 4.78 is 22.2. The standard InChI is InChI=1S/C17H14BrNO2.C9H14N2O2S.C9H10O3/c1-2-20-11-4-5-12-16(8-11)21-9-14-13-7-10(18)3-6-15(13)19-17(12)14;1-5-9(2,3)14-8-6(10-4-12)7(13)11(5)8;1-11-9-4-2-8(3-5-9)6-12-7-10/h3-8,19H,2,9H2,1H3;4-6,8H,1-3H3,(H,10,12);2-5,7H,6H2,1H3. The Kier molecular flexibility index (Phi) is 10.7. The second-order valence-corrected chi connectivity index (χ2v) is 14.3. The van der Waals surface area contributed by atoms with Gasteiger partial charge in [-0.2, -0.15) is 0 Å². The van der Waals surface area contributed by atoms with E-state index in [4.69, 9.17) is 14.2 Å². The van der Waals surface area contributed by atoms with Crippen LogP contribution in [0.25, 0.3) is 22.2 Å². The molecule has 12 heteroatoms. The number of nitrogens with zero attached hydrogens (tertiary/aromatic N) is 1. The molecule has 3 aliphatic heterocycles. The first-order chi connectivity index (χ1) is 22.6. The average Bonchev–Trinajstić information content (AvgIpc) is 3.54. The number of amides is 2. The number of fused-ring (bicyclic) bond motifs is 6. The normalized spacial score (nSPS) is 19.6. The fourth-order valence-corrected chi connectivity index (χ4v) is 7.71. The maximum Gasteiger partial charge on any atom is 0.293 e. The van der Waals surface area contributed by atoms with Crippen molar-refractivity contribution in [3.63, 3.8) is 0 Å². The number of methoxy groups -OCH3 is 1. The van der Waals surface area contributed by atoms with Crippen LogP contribution in [-0.4, -0.2) is 64.6 Å². The average molecular weight is 725 g/mol. The zero-order valence-corrected chi connectivity index (χ0v) is 29.3. The molecular weight excluding hydrogens is 686 g/mol. The predicted octanol–water partition coefficient (Wildman–Crippen LogP) is 6.44. The number of β-lactam (4-membered cyclic amide) rings is 1. The summed E-state index contributed by atoms with van der Waals surface area (Å²) in [5.74, 6) is 2.56. The topological polar surface area (TPSA) is 119 Å². The molecule has 3 unspecified atom stereocenters. The Balaban J connectivity index is 0.000000146. The van der Waals surface area contributed by atoms with Crippen molar-refractivity contribution in [3.8, 4) is 28.5 Å². The monoisotopic (exact) mass is 723 g/mol. The molecule has 7 rings (SSSR count). The molecule has 4 heterocycles. The first-order valence-electron chi connectivity index (χ1n) is 15.2. The van der Waals surface area contributed by atoms with E-state index in [1.165, 1.54) is 10.9 Å². The first-order valence-corrected chi connectivity index (χ1v) is 16.9. The highest BCUT2D eigenvalue weighted by molar-refractivity contribution is 9.10. The van der Waals surface area contributed by atoms with Gasteiger partial charge in [-0.1, -0.05) is 28.1 Å². The third kappa shape index (κ3) is 7.23. The number of aromatic nitrogens is 1. The number of carbonyl (C=O) groups is 3. The van der Waals surface area contributed by atoms with Crippen molar-refractivity contribution in [2.75, 3.05) is 13.7 Å². The lowest BCUT2D eigenvalue weighted by Gasteiger charge is -2.43. The Morgan fingerprint density at radius 3 is 2.53 bits per heavy atom. The van der Waals surface area contributed by atoms with E-state index in [-0.39, 0.29) is 28.1 Å². The second-order valence-electron chi connectivity index (χ2n) is 11.6. The predicted molar refractivity (Wildman–Crippen MR) is 186 cm³/mol. The Morgan fingerprint density at radius 1 is 1.11 bits per heavy atom. The highest BCUT2D eigenvalue weighted by Gasteiger charge is 2.59. The molecule has 47 heavy (non-hydrogen) atoms. The van der Waals surface area contributed by atoms with E-state index in [1.807, 2.05) is 54.3 Å². The summed E-state index contributed by atoms with van der Waals surface area (Å²) in [4.78, 5) is 37.1. The molecule has 0 bridgehead atoms. The molecule has 3 atom stereocenters. The summed E-state index contributed by atoms with van der Waals surface area (Å²) in [6, 6.07) is 19.6. The molecule has 3 aliphatic rings. The van der Waals surface area contributed by atoms with Crippen molar-refractivity contribution in [1.29, 1.82) is 0 Å². The number of thioether (sulfide) groups is 1. The van der Waals surface area contributed by atoms with E-state index in [0.29, 0.717) is 32.7 Å². The third-order valence-corrected chi connectivity index (χ3v) is 10.6. The highest BCUT2D eigenvalue weighted by atomic mass is 79.9. The van der Waals surface area contributed by atoms with Crippen LogP contribution in [0.3, 0.4) is 0 Å². The molecule has 2 N–H and O–H groups in total. The van der Waals surface area contributed by atoms with E-state index < -0.39 is 0 Å². The molecular formula is C35H38BrN3O7S. The fraction of sp³-hybridized carbons (Fsp3) is 0.343. The highest BCUT2D eigenvalue weighted by Crippen LogP contribution is 2.50. The summed E-state index contributed by atoms with van der Waals surface area (Å²) in [5.41, 5.74) is 5.53. The zero-order chi connectivity index (χ0) is 33.7. The van der Waals surface area contributed by atoms with Crippen molar-refractivity contribution in [2.45, 2.75) is 63.1 Å². The molecule has 4 aromatic rings. The van der Waals surface area contributed by atoms with E-state index in [2.05, 4.69) is 69.9 Å². The Hall–Kier alpha value is -4.16. The number of hydrogen-bond acceptors (Lipinski definition) is 8. The van der Waals surface area contributed by atoms with Crippen molar-refractivity contribution < 1.29 is 33.3 Å². The number of rotatable bonds is 8. The quantitative estimate of drug-likeness (QED) is 0.158. The van der Waals surface area contributed by atoms with Gasteiger partial charge in [0.25, 0.3) is 6.47 Å². The van der Waals surface area contributed by atoms with Crippen LogP contribution in [-0.2, 0) is 32.3 Å². The summed E-state index contributed by atoms with van der Waals surface area (Å²) in [5, 5.41) is 3.91. The van der Waals surface area contributed by atoms with E-state index >= 15 is 0 Å². The van der Waals surface area contributed by atoms with Crippen LogP contribution in [0, 0.1) is 0 Å². The second kappa shape index (κ2) is 14.7. The number of nitrogens with one attached hydrogen (secondary N) is 2. The van der Waals surface area contributed by atoms with Gasteiger partial charge in [-0.25, -0.2) is 0 Å². The number of ether oxygens (including phenoxy) is 4. The molecule has 1 aromatic heterocycles. The zero-order valence-electron chi connectivity index (χ0n) is 26.9. The van der Waals surface area contributed by atoms with Gasteiger partial charge in [-0.3, -0.25) is 14.4 Å². The van der Waals surface area contributed by atoms with Gasteiger partial charge in [0.15, 0.2) is 0 Å². The molecule has 248 valence electrons. The minimum absolute atomic E-state index is 0.0488. The van der Waals surface area contributed by atoms with Crippen LogP contribution in [0.15, 0.2) is 65.1 Å². The number of hydrogen-bond donors (Lipinski definition) is 2. The van der Waals surface area contributed by atoms with Crippen LogP contribution in [0.2, 0.25) is 0 Å². The summed E-state index contributed by atoms with van der Waals surface area (Å²) >= 11 is 5.29. The molecule has 0 aliphatic carbocycles. The van der Waals surface area contributed by atoms with Gasteiger partial charge in [0.05, 0.1) is 19.4 Å². The lowest BCUT2D eigenvalue weighted by atomic mass is 9.98. The van der Waals surface area contributed by atoms with Gasteiger partial charge in [0.1, 0.15) is 41.9 Å². The molecule has 2 amide bonds. The number of halogens is 1. The summed E-state index contributed by atoms with van der Waals surface area (Å²) in [6.07, 6.45) is 0.608. The molecule has 0 saturated carbocycles.